The molecule has 0 saturated heterocycles. The zero-order valence-corrected chi connectivity index (χ0v) is 21.2. The van der Waals surface area contributed by atoms with Crippen LogP contribution in [0.25, 0.3) is 6.08 Å². The number of ether oxygens (including phenoxy) is 3. The number of fused-ring (bicyclic) bond motifs is 1. The van der Waals surface area contributed by atoms with Crippen LogP contribution in [0.4, 0.5) is 5.69 Å². The fraction of sp³-hybridized carbons (Fsp3) is 0.240. The summed E-state index contributed by atoms with van der Waals surface area (Å²) in [4.78, 5) is 42.1. The number of aromatic hydroxyl groups is 1. The highest BCUT2D eigenvalue weighted by Gasteiger charge is 2.35. The van der Waals surface area contributed by atoms with E-state index in [2.05, 4.69) is 4.99 Å². The Labute approximate surface area is 214 Å². The first-order chi connectivity index (χ1) is 17.7. The Morgan fingerprint density at radius 3 is 2.68 bits per heavy atom. The summed E-state index contributed by atoms with van der Waals surface area (Å²) in [7, 11) is 2.97. The van der Waals surface area contributed by atoms with Gasteiger partial charge in [-0.05, 0) is 38.1 Å². The Morgan fingerprint density at radius 1 is 1.27 bits per heavy atom. The molecule has 1 aromatic heterocycles. The molecule has 1 aliphatic rings. The number of hydrogen-bond acceptors (Lipinski definition) is 10. The molecule has 192 valence electrons. The number of nitro groups is 1. The largest absolute Gasteiger partial charge is 0.502 e. The number of nitrogens with zero attached hydrogens (tertiary/aromatic N) is 3. The van der Waals surface area contributed by atoms with Crippen LogP contribution < -0.4 is 24.4 Å². The van der Waals surface area contributed by atoms with Crippen LogP contribution in [-0.4, -0.2) is 41.4 Å². The predicted molar refractivity (Wildman–Crippen MR) is 135 cm³/mol. The minimum atomic E-state index is -0.957. The van der Waals surface area contributed by atoms with E-state index in [4.69, 9.17) is 14.2 Å². The highest BCUT2D eigenvalue weighted by atomic mass is 32.1. The molecule has 0 spiro atoms. The lowest BCUT2D eigenvalue weighted by atomic mass is 9.94. The van der Waals surface area contributed by atoms with Gasteiger partial charge in [0.1, 0.15) is 17.5 Å². The molecule has 2 aromatic carbocycles. The number of benzene rings is 2. The van der Waals surface area contributed by atoms with E-state index < -0.39 is 33.9 Å². The number of allylic oxidation sites excluding steroid dienone is 1. The van der Waals surface area contributed by atoms with Gasteiger partial charge in [-0.1, -0.05) is 23.5 Å². The number of carbonyl (C=O) groups excluding carboxylic acids is 1. The number of rotatable bonds is 7. The van der Waals surface area contributed by atoms with Crippen LogP contribution in [0.3, 0.4) is 0 Å². The lowest BCUT2D eigenvalue weighted by molar-refractivity contribution is -0.385. The Morgan fingerprint density at radius 2 is 2.03 bits per heavy atom. The van der Waals surface area contributed by atoms with Crippen molar-refractivity contribution in [3.05, 3.63) is 88.6 Å². The molecule has 1 N–H and O–H groups in total. The fourth-order valence-corrected chi connectivity index (χ4v) is 5.13. The average Bonchev–Trinajstić information content (AvgIpc) is 3.18. The van der Waals surface area contributed by atoms with E-state index in [1.807, 2.05) is 0 Å². The first kappa shape index (κ1) is 25.6. The summed E-state index contributed by atoms with van der Waals surface area (Å²) in [5, 5.41) is 21.6. The number of esters is 1. The lowest BCUT2D eigenvalue weighted by Gasteiger charge is -2.26. The van der Waals surface area contributed by atoms with Crippen LogP contribution in [0.2, 0.25) is 0 Å². The SMILES string of the molecule is CCOC(=O)C1=C(C)N=c2sc(=Cc3cccc([N+](=O)[O-])c3O)c(=O)n2[C@H]1c1cc(OC)ccc1OC. The molecule has 0 aliphatic carbocycles. The molecule has 0 bridgehead atoms. The molecule has 3 aromatic rings. The van der Waals surface area contributed by atoms with Crippen molar-refractivity contribution in [2.45, 2.75) is 19.9 Å². The summed E-state index contributed by atoms with van der Waals surface area (Å²) in [6.07, 6.45) is 1.36. The molecule has 2 heterocycles. The highest BCUT2D eigenvalue weighted by Crippen LogP contribution is 2.38. The number of aromatic nitrogens is 1. The van der Waals surface area contributed by atoms with Gasteiger partial charge in [0.05, 0.1) is 41.6 Å². The van der Waals surface area contributed by atoms with Crippen LogP contribution in [0.15, 0.2) is 57.5 Å². The maximum absolute atomic E-state index is 13.7. The van der Waals surface area contributed by atoms with Crippen molar-refractivity contribution in [2.24, 2.45) is 4.99 Å². The van der Waals surface area contributed by atoms with Gasteiger partial charge < -0.3 is 19.3 Å². The monoisotopic (exact) mass is 525 g/mol. The molecule has 12 heteroatoms. The number of carbonyl (C=O) groups is 1. The summed E-state index contributed by atoms with van der Waals surface area (Å²) >= 11 is 1.02. The third kappa shape index (κ3) is 4.58. The number of methoxy groups -OCH3 is 2. The molecule has 0 fully saturated rings. The normalized spacial score (nSPS) is 15.1. The van der Waals surface area contributed by atoms with Crippen molar-refractivity contribution in [1.29, 1.82) is 0 Å². The van der Waals surface area contributed by atoms with Gasteiger partial charge in [0.15, 0.2) is 4.80 Å². The van der Waals surface area contributed by atoms with Gasteiger partial charge in [0.2, 0.25) is 5.75 Å². The Bertz CT molecular complexity index is 1620. The van der Waals surface area contributed by atoms with E-state index in [9.17, 15) is 24.8 Å². The number of nitro benzene ring substituents is 1. The van der Waals surface area contributed by atoms with Crippen molar-refractivity contribution in [1.82, 2.24) is 4.57 Å². The number of para-hydroxylation sites is 1. The summed E-state index contributed by atoms with van der Waals surface area (Å²) in [5.74, 6) is -0.303. The fourth-order valence-electron chi connectivity index (χ4n) is 4.09. The van der Waals surface area contributed by atoms with Gasteiger partial charge in [0.25, 0.3) is 5.56 Å². The number of thiazole rings is 1. The van der Waals surface area contributed by atoms with Gasteiger partial charge in [-0.25, -0.2) is 9.79 Å². The van der Waals surface area contributed by atoms with E-state index in [1.54, 1.807) is 32.0 Å². The third-order valence-corrected chi connectivity index (χ3v) is 6.76. The standard InChI is InChI=1S/C25H23N3O8S/c1-5-36-24(31)20-13(2)26-25-27(21(20)16-12-15(34-3)9-10-18(16)35-4)23(30)19(37-25)11-14-7-6-8-17(22(14)29)28(32)33/h6-12,21,29H,5H2,1-4H3/t21-/m0/s1. The zero-order valence-electron chi connectivity index (χ0n) is 20.4. The maximum atomic E-state index is 13.7. The molecule has 4 rings (SSSR count). The average molecular weight is 526 g/mol. The smallest absolute Gasteiger partial charge is 0.338 e. The number of hydrogen-bond donors (Lipinski definition) is 1. The first-order valence-corrected chi connectivity index (χ1v) is 11.9. The van der Waals surface area contributed by atoms with E-state index in [0.29, 0.717) is 27.6 Å². The predicted octanol–water partition coefficient (Wildman–Crippen LogP) is 2.43. The molecule has 11 nitrogen and oxygen atoms in total. The molecular formula is C25H23N3O8S. The second-order valence-corrected chi connectivity index (χ2v) is 8.89. The van der Waals surface area contributed by atoms with Crippen LogP contribution in [0.5, 0.6) is 17.2 Å². The van der Waals surface area contributed by atoms with Crippen molar-refractivity contribution in [3.63, 3.8) is 0 Å². The topological polar surface area (TPSA) is 142 Å². The Kier molecular flexibility index (Phi) is 7.11. The molecule has 0 amide bonds. The van der Waals surface area contributed by atoms with E-state index >= 15 is 0 Å². The van der Waals surface area contributed by atoms with Gasteiger partial charge >= 0.3 is 11.7 Å². The van der Waals surface area contributed by atoms with E-state index in [1.165, 1.54) is 37.0 Å². The molecule has 37 heavy (non-hydrogen) atoms. The van der Waals surface area contributed by atoms with Crippen molar-refractivity contribution in [2.75, 3.05) is 20.8 Å². The maximum Gasteiger partial charge on any atom is 0.338 e. The molecule has 0 saturated carbocycles. The molecule has 0 radical (unpaired) electrons. The second-order valence-electron chi connectivity index (χ2n) is 7.88. The van der Waals surface area contributed by atoms with Crippen LogP contribution in [-0.2, 0) is 9.53 Å². The zero-order chi connectivity index (χ0) is 26.9. The molecule has 1 atom stereocenters. The minimum Gasteiger partial charge on any atom is -0.502 e. The lowest BCUT2D eigenvalue weighted by Crippen LogP contribution is -2.40. The summed E-state index contributed by atoms with van der Waals surface area (Å²) in [6, 6.07) is 8.11. The highest BCUT2D eigenvalue weighted by molar-refractivity contribution is 7.07. The van der Waals surface area contributed by atoms with E-state index in [0.717, 1.165) is 17.4 Å². The summed E-state index contributed by atoms with van der Waals surface area (Å²) < 4.78 is 17.7. The molecular weight excluding hydrogens is 502 g/mol. The van der Waals surface area contributed by atoms with Gasteiger partial charge in [0, 0.05) is 17.2 Å². The van der Waals surface area contributed by atoms with Crippen molar-refractivity contribution in [3.8, 4) is 17.2 Å². The number of phenols is 1. The van der Waals surface area contributed by atoms with Crippen LogP contribution in [0, 0.1) is 10.1 Å². The minimum absolute atomic E-state index is 0.0938. The van der Waals surface area contributed by atoms with Gasteiger partial charge in [-0.3, -0.25) is 19.5 Å². The van der Waals surface area contributed by atoms with E-state index in [-0.39, 0.29) is 22.3 Å². The first-order valence-electron chi connectivity index (χ1n) is 11.1. The summed E-state index contributed by atoms with van der Waals surface area (Å²) in [5.41, 5.74) is 0.0889. The van der Waals surface area contributed by atoms with Gasteiger partial charge in [-0.2, -0.15) is 0 Å². The van der Waals surface area contributed by atoms with Gasteiger partial charge in [-0.15, -0.1) is 0 Å². The summed E-state index contributed by atoms with van der Waals surface area (Å²) in [6.45, 7) is 3.44. The van der Waals surface area contributed by atoms with Crippen molar-refractivity contribution < 1.29 is 29.0 Å². The molecule has 0 unspecified atom stereocenters. The third-order valence-electron chi connectivity index (χ3n) is 5.78. The Hall–Kier alpha value is -4.45. The Balaban J connectivity index is 2.03. The quantitative estimate of drug-likeness (QED) is 0.282. The van der Waals surface area contributed by atoms with Crippen molar-refractivity contribution >= 4 is 29.1 Å². The van der Waals surface area contributed by atoms with Crippen LogP contribution in [0.1, 0.15) is 31.0 Å². The van der Waals surface area contributed by atoms with Crippen LogP contribution >= 0.6 is 11.3 Å². The molecule has 1 aliphatic heterocycles. The number of phenolic OH excluding ortho intramolecular Hbond substituents is 1. The second kappa shape index (κ2) is 10.3.